The van der Waals surface area contributed by atoms with Crippen molar-refractivity contribution in [2.75, 3.05) is 19.0 Å². The zero-order valence-corrected chi connectivity index (χ0v) is 13.8. The van der Waals surface area contributed by atoms with Gasteiger partial charge in [-0.05, 0) is 13.3 Å². The van der Waals surface area contributed by atoms with E-state index in [2.05, 4.69) is 4.98 Å². The van der Waals surface area contributed by atoms with Crippen molar-refractivity contribution in [3.63, 3.8) is 0 Å². The Kier molecular flexibility index (Phi) is 4.47. The lowest BCUT2D eigenvalue weighted by molar-refractivity contribution is 0.171. The van der Waals surface area contributed by atoms with Gasteiger partial charge in [0.15, 0.2) is 11.5 Å². The first-order valence-corrected chi connectivity index (χ1v) is 9.09. The van der Waals surface area contributed by atoms with Crippen molar-refractivity contribution in [3.8, 4) is 11.5 Å². The highest BCUT2D eigenvalue weighted by Gasteiger charge is 2.18. The molecule has 1 aliphatic rings. The van der Waals surface area contributed by atoms with E-state index in [9.17, 15) is 4.21 Å². The smallest absolute Gasteiger partial charge is 0.162 e. The molecular weight excluding hydrogens is 330 g/mol. The fraction of sp³-hybridized carbons (Fsp3) is 0.357. The standard InChI is InChI=1S/C14H14ClNO3S2/c1-9-13(20-8-16-9)2-5-21(17)14-7-12-11(6-10(14)15)18-3-4-19-12/h6-8H,2-5H2,1H3. The van der Waals surface area contributed by atoms with E-state index in [0.717, 1.165) is 17.0 Å². The number of ether oxygens (including phenoxy) is 2. The molecule has 2 heterocycles. The topological polar surface area (TPSA) is 48.4 Å². The SMILES string of the molecule is Cc1ncsc1CCS(=O)c1cc2c(cc1Cl)OCCO2. The van der Waals surface area contributed by atoms with Crippen molar-refractivity contribution in [3.05, 3.63) is 33.2 Å². The van der Waals surface area contributed by atoms with E-state index in [0.29, 0.717) is 40.4 Å². The van der Waals surface area contributed by atoms with Gasteiger partial charge in [0.25, 0.3) is 0 Å². The number of aromatic nitrogens is 1. The molecule has 2 aromatic rings. The van der Waals surface area contributed by atoms with E-state index in [-0.39, 0.29) is 0 Å². The molecule has 1 aromatic heterocycles. The van der Waals surface area contributed by atoms with Gasteiger partial charge in [0, 0.05) is 22.8 Å². The van der Waals surface area contributed by atoms with Gasteiger partial charge in [0.1, 0.15) is 13.2 Å². The Bertz CT molecular complexity index is 687. The van der Waals surface area contributed by atoms with Crippen LogP contribution in [0.2, 0.25) is 5.02 Å². The van der Waals surface area contributed by atoms with Gasteiger partial charge in [-0.25, -0.2) is 4.98 Å². The van der Waals surface area contributed by atoms with Crippen LogP contribution >= 0.6 is 22.9 Å². The number of hydrogen-bond donors (Lipinski definition) is 0. The second-order valence-electron chi connectivity index (χ2n) is 4.59. The van der Waals surface area contributed by atoms with Gasteiger partial charge in [-0.3, -0.25) is 4.21 Å². The summed E-state index contributed by atoms with van der Waals surface area (Å²) in [5, 5.41) is 0.457. The summed E-state index contributed by atoms with van der Waals surface area (Å²) in [6.45, 7) is 2.98. The van der Waals surface area contributed by atoms with E-state index in [4.69, 9.17) is 21.1 Å². The first-order chi connectivity index (χ1) is 10.1. The number of fused-ring (bicyclic) bond motifs is 1. The fourth-order valence-corrected chi connectivity index (χ4v) is 4.53. The molecule has 0 aliphatic carbocycles. The van der Waals surface area contributed by atoms with Gasteiger partial charge in [0.05, 0.1) is 31.9 Å². The highest BCUT2D eigenvalue weighted by Crippen LogP contribution is 2.36. The summed E-state index contributed by atoms with van der Waals surface area (Å²) in [5.74, 6) is 1.75. The van der Waals surface area contributed by atoms with E-state index in [1.54, 1.807) is 23.5 Å². The second-order valence-corrected chi connectivity index (χ2v) is 7.47. The van der Waals surface area contributed by atoms with Crippen LogP contribution in [0, 0.1) is 6.92 Å². The monoisotopic (exact) mass is 343 g/mol. The van der Waals surface area contributed by atoms with E-state index in [1.807, 2.05) is 12.4 Å². The van der Waals surface area contributed by atoms with Crippen molar-refractivity contribution in [2.24, 2.45) is 0 Å². The van der Waals surface area contributed by atoms with Crippen LogP contribution in [0.4, 0.5) is 0 Å². The predicted molar refractivity (Wildman–Crippen MR) is 84.3 cm³/mol. The van der Waals surface area contributed by atoms with Gasteiger partial charge in [-0.15, -0.1) is 11.3 Å². The first-order valence-electron chi connectivity index (χ1n) is 6.51. The average Bonchev–Trinajstić information content (AvgIpc) is 2.89. The number of hydrogen-bond acceptors (Lipinski definition) is 5. The van der Waals surface area contributed by atoms with Crippen LogP contribution in [-0.4, -0.2) is 28.2 Å². The fourth-order valence-electron chi connectivity index (χ4n) is 2.08. The zero-order valence-electron chi connectivity index (χ0n) is 11.4. The minimum atomic E-state index is -1.17. The van der Waals surface area contributed by atoms with E-state index in [1.165, 1.54) is 0 Å². The largest absolute Gasteiger partial charge is 0.486 e. The summed E-state index contributed by atoms with van der Waals surface area (Å²) in [5.41, 5.74) is 2.82. The molecule has 0 radical (unpaired) electrons. The van der Waals surface area contributed by atoms with Crippen LogP contribution in [-0.2, 0) is 17.2 Å². The minimum Gasteiger partial charge on any atom is -0.486 e. The number of aryl methyl sites for hydroxylation is 2. The summed E-state index contributed by atoms with van der Waals surface area (Å²) >= 11 is 7.80. The molecule has 0 bridgehead atoms. The number of thiazole rings is 1. The third kappa shape index (κ3) is 3.22. The molecule has 112 valence electrons. The van der Waals surface area contributed by atoms with Gasteiger partial charge in [-0.2, -0.15) is 0 Å². The highest BCUT2D eigenvalue weighted by atomic mass is 35.5. The molecular formula is C14H14ClNO3S2. The van der Waals surface area contributed by atoms with Crippen LogP contribution < -0.4 is 9.47 Å². The summed E-state index contributed by atoms with van der Waals surface area (Å²) in [4.78, 5) is 5.96. The third-order valence-electron chi connectivity index (χ3n) is 3.20. The molecule has 1 aromatic carbocycles. The van der Waals surface area contributed by atoms with Gasteiger partial charge < -0.3 is 9.47 Å². The molecule has 0 N–H and O–H groups in total. The molecule has 0 amide bonds. The van der Waals surface area contributed by atoms with Crippen LogP contribution in [0.25, 0.3) is 0 Å². The lowest BCUT2D eigenvalue weighted by Crippen LogP contribution is -2.16. The molecule has 21 heavy (non-hydrogen) atoms. The van der Waals surface area contributed by atoms with Crippen molar-refractivity contribution in [2.45, 2.75) is 18.2 Å². The maximum atomic E-state index is 12.5. The zero-order chi connectivity index (χ0) is 14.8. The lowest BCUT2D eigenvalue weighted by atomic mass is 10.3. The van der Waals surface area contributed by atoms with Gasteiger partial charge in [-0.1, -0.05) is 11.6 Å². The van der Waals surface area contributed by atoms with Crippen molar-refractivity contribution in [1.82, 2.24) is 4.98 Å². The van der Waals surface area contributed by atoms with Crippen LogP contribution in [0.15, 0.2) is 22.5 Å². The maximum Gasteiger partial charge on any atom is 0.162 e. The lowest BCUT2D eigenvalue weighted by Gasteiger charge is -2.19. The Morgan fingerprint density at radius 3 is 2.71 bits per heavy atom. The minimum absolute atomic E-state index is 0.457. The summed E-state index contributed by atoms with van der Waals surface area (Å²) in [7, 11) is -1.17. The Hall–Kier alpha value is -1.11. The molecule has 0 saturated heterocycles. The van der Waals surface area contributed by atoms with E-state index < -0.39 is 10.8 Å². The Balaban J connectivity index is 1.76. The quantitative estimate of drug-likeness (QED) is 0.855. The van der Waals surface area contributed by atoms with Crippen LogP contribution in [0.1, 0.15) is 10.6 Å². The van der Waals surface area contributed by atoms with Gasteiger partial charge in [0.2, 0.25) is 0 Å². The Morgan fingerprint density at radius 2 is 2.05 bits per heavy atom. The molecule has 0 spiro atoms. The number of halogens is 1. The number of nitrogens with zero attached hydrogens (tertiary/aromatic N) is 1. The van der Waals surface area contributed by atoms with Crippen molar-refractivity contribution >= 4 is 33.7 Å². The molecule has 1 unspecified atom stereocenters. The van der Waals surface area contributed by atoms with Crippen LogP contribution in [0.5, 0.6) is 11.5 Å². The Morgan fingerprint density at radius 1 is 1.33 bits per heavy atom. The van der Waals surface area contributed by atoms with Crippen molar-refractivity contribution < 1.29 is 13.7 Å². The first kappa shape index (κ1) is 14.8. The second kappa shape index (κ2) is 6.34. The molecule has 0 fully saturated rings. The normalized spacial score (nSPS) is 15.0. The number of rotatable bonds is 4. The number of benzene rings is 1. The molecule has 4 nitrogen and oxygen atoms in total. The van der Waals surface area contributed by atoms with Crippen molar-refractivity contribution in [1.29, 1.82) is 0 Å². The van der Waals surface area contributed by atoms with Crippen LogP contribution in [0.3, 0.4) is 0 Å². The summed E-state index contributed by atoms with van der Waals surface area (Å²) < 4.78 is 23.4. The molecule has 0 saturated carbocycles. The maximum absolute atomic E-state index is 12.5. The van der Waals surface area contributed by atoms with E-state index >= 15 is 0 Å². The molecule has 3 rings (SSSR count). The molecule has 1 atom stereocenters. The third-order valence-corrected chi connectivity index (χ3v) is 6.02. The summed E-state index contributed by atoms with van der Waals surface area (Å²) in [6, 6.07) is 3.41. The summed E-state index contributed by atoms with van der Waals surface area (Å²) in [6.07, 6.45) is 0.730. The molecule has 7 heteroatoms. The van der Waals surface area contributed by atoms with Gasteiger partial charge >= 0.3 is 0 Å². The average molecular weight is 344 g/mol. The predicted octanol–water partition coefficient (Wildman–Crippen LogP) is 3.23. The molecule has 1 aliphatic heterocycles. The highest BCUT2D eigenvalue weighted by molar-refractivity contribution is 7.85. The Labute approximate surface area is 134 Å².